The Morgan fingerprint density at radius 2 is 2.13 bits per heavy atom. The van der Waals surface area contributed by atoms with Gasteiger partial charge in [0.25, 0.3) is 5.56 Å². The van der Waals surface area contributed by atoms with E-state index in [1.165, 1.54) is 12.8 Å². The number of aromatic nitrogens is 3. The molecular weight excluding hydrogens is 292 g/mol. The molecule has 4 rings (SSSR count). The number of likely N-dealkylation sites (tertiary alicyclic amines) is 1. The van der Waals surface area contributed by atoms with Gasteiger partial charge < -0.3 is 9.72 Å². The third-order valence-corrected chi connectivity index (χ3v) is 5.22. The minimum absolute atomic E-state index is 0.00263. The van der Waals surface area contributed by atoms with Crippen molar-refractivity contribution < 1.29 is 4.74 Å². The van der Waals surface area contributed by atoms with Crippen molar-refractivity contribution in [3.63, 3.8) is 0 Å². The van der Waals surface area contributed by atoms with E-state index in [1.54, 1.807) is 22.9 Å². The number of aromatic amines is 1. The Bertz CT molecular complexity index is 717. The molecule has 0 unspecified atom stereocenters. The van der Waals surface area contributed by atoms with Gasteiger partial charge in [-0.3, -0.25) is 14.1 Å². The van der Waals surface area contributed by atoms with E-state index in [0.29, 0.717) is 17.7 Å². The maximum Gasteiger partial charge on any atom is 0.259 e. The number of imidazole rings is 1. The summed E-state index contributed by atoms with van der Waals surface area (Å²) in [6.45, 7) is 4.00. The van der Waals surface area contributed by atoms with Crippen LogP contribution < -0.4 is 5.56 Å². The summed E-state index contributed by atoms with van der Waals surface area (Å²) in [5.41, 5.74) is 1.02. The highest BCUT2D eigenvalue weighted by atomic mass is 16.5. The molecular formula is C17H24N4O2. The third kappa shape index (κ3) is 3.05. The molecule has 6 nitrogen and oxygen atoms in total. The minimum Gasteiger partial charge on any atom is -0.381 e. The first kappa shape index (κ1) is 14.9. The molecule has 0 aromatic carbocycles. The maximum absolute atomic E-state index is 12.3. The summed E-state index contributed by atoms with van der Waals surface area (Å²) in [5.74, 6) is 1.36. The Hall–Kier alpha value is -1.66. The molecule has 1 atom stereocenters. The second-order valence-electron chi connectivity index (χ2n) is 6.75. The lowest BCUT2D eigenvalue weighted by Crippen LogP contribution is -2.39. The van der Waals surface area contributed by atoms with Gasteiger partial charge >= 0.3 is 0 Å². The standard InChI is InChI=1S/C17H24N4O2/c22-16-11-14(19-17-18-6-8-21(16)17)15-3-1-2-7-20(15)12-13-4-9-23-10-5-13/h6,8,11,13,15H,1-5,7,9-10,12H2,(H,18,19)/t15-/m0/s1. The highest BCUT2D eigenvalue weighted by Crippen LogP contribution is 2.31. The largest absolute Gasteiger partial charge is 0.381 e. The number of nitrogens with one attached hydrogen (secondary N) is 1. The van der Waals surface area contributed by atoms with Crippen LogP contribution in [0.25, 0.3) is 5.78 Å². The monoisotopic (exact) mass is 316 g/mol. The summed E-state index contributed by atoms with van der Waals surface area (Å²) >= 11 is 0. The smallest absolute Gasteiger partial charge is 0.259 e. The van der Waals surface area contributed by atoms with E-state index in [1.807, 2.05) is 0 Å². The van der Waals surface area contributed by atoms with Crippen molar-refractivity contribution in [2.45, 2.75) is 38.1 Å². The zero-order chi connectivity index (χ0) is 15.6. The number of rotatable bonds is 3. The second-order valence-corrected chi connectivity index (χ2v) is 6.75. The van der Waals surface area contributed by atoms with Crippen LogP contribution in [0.2, 0.25) is 0 Å². The molecule has 23 heavy (non-hydrogen) atoms. The van der Waals surface area contributed by atoms with Gasteiger partial charge in [0.05, 0.1) is 6.04 Å². The predicted molar refractivity (Wildman–Crippen MR) is 87.5 cm³/mol. The first-order chi connectivity index (χ1) is 11.3. The fraction of sp³-hybridized carbons (Fsp3) is 0.647. The summed E-state index contributed by atoms with van der Waals surface area (Å²) in [5, 5.41) is 0. The van der Waals surface area contributed by atoms with Crippen LogP contribution in [0.5, 0.6) is 0 Å². The van der Waals surface area contributed by atoms with E-state index >= 15 is 0 Å². The molecule has 2 aliphatic rings. The molecule has 4 heterocycles. The Morgan fingerprint density at radius 1 is 1.26 bits per heavy atom. The molecule has 2 aliphatic heterocycles. The second kappa shape index (κ2) is 6.45. The number of nitrogens with zero attached hydrogens (tertiary/aromatic N) is 3. The van der Waals surface area contributed by atoms with E-state index < -0.39 is 0 Å². The number of fused-ring (bicyclic) bond motifs is 1. The van der Waals surface area contributed by atoms with Crippen molar-refractivity contribution in [3.8, 4) is 0 Å². The quantitative estimate of drug-likeness (QED) is 0.940. The Kier molecular flexibility index (Phi) is 4.18. The Morgan fingerprint density at radius 3 is 3.00 bits per heavy atom. The van der Waals surface area contributed by atoms with E-state index in [9.17, 15) is 4.79 Å². The summed E-state index contributed by atoms with van der Waals surface area (Å²) < 4.78 is 7.04. The lowest BCUT2D eigenvalue weighted by molar-refractivity contribution is 0.0377. The zero-order valence-electron chi connectivity index (χ0n) is 13.4. The van der Waals surface area contributed by atoms with Crippen molar-refractivity contribution in [2.75, 3.05) is 26.3 Å². The van der Waals surface area contributed by atoms with Crippen molar-refractivity contribution in [2.24, 2.45) is 5.92 Å². The van der Waals surface area contributed by atoms with Crippen LogP contribution >= 0.6 is 0 Å². The summed E-state index contributed by atoms with van der Waals surface area (Å²) in [4.78, 5) is 22.4. The maximum atomic E-state index is 12.3. The predicted octanol–water partition coefficient (Wildman–Crippen LogP) is 1.98. The zero-order valence-corrected chi connectivity index (χ0v) is 13.4. The molecule has 6 heteroatoms. The topological polar surface area (TPSA) is 62.6 Å². The lowest BCUT2D eigenvalue weighted by atomic mass is 9.94. The fourth-order valence-corrected chi connectivity index (χ4v) is 3.94. The van der Waals surface area contributed by atoms with Gasteiger partial charge in [0.2, 0.25) is 5.78 Å². The molecule has 2 fully saturated rings. The van der Waals surface area contributed by atoms with Gasteiger partial charge in [0.1, 0.15) is 0 Å². The van der Waals surface area contributed by atoms with E-state index in [0.717, 1.165) is 51.3 Å². The highest BCUT2D eigenvalue weighted by molar-refractivity contribution is 5.30. The van der Waals surface area contributed by atoms with Gasteiger partial charge in [-0.15, -0.1) is 0 Å². The molecule has 0 aliphatic carbocycles. The molecule has 2 aromatic rings. The van der Waals surface area contributed by atoms with Crippen molar-refractivity contribution in [3.05, 3.63) is 34.5 Å². The molecule has 0 radical (unpaired) electrons. The average Bonchev–Trinajstić information content (AvgIpc) is 3.05. The Balaban J connectivity index is 1.59. The number of ether oxygens (including phenoxy) is 1. The summed E-state index contributed by atoms with van der Waals surface area (Å²) in [6, 6.07) is 2.06. The normalized spacial score (nSPS) is 24.3. The van der Waals surface area contributed by atoms with Gasteiger partial charge in [-0.05, 0) is 38.1 Å². The lowest BCUT2D eigenvalue weighted by Gasteiger charge is -2.38. The molecule has 1 N–H and O–H groups in total. The van der Waals surface area contributed by atoms with Crippen molar-refractivity contribution in [1.29, 1.82) is 0 Å². The summed E-state index contributed by atoms with van der Waals surface area (Å²) in [7, 11) is 0. The van der Waals surface area contributed by atoms with Gasteiger partial charge in [0.15, 0.2) is 0 Å². The van der Waals surface area contributed by atoms with Crippen LogP contribution in [0, 0.1) is 5.92 Å². The molecule has 0 bridgehead atoms. The minimum atomic E-state index is 0.00263. The number of piperidine rings is 1. The number of hydrogen-bond acceptors (Lipinski definition) is 4. The van der Waals surface area contributed by atoms with Crippen molar-refractivity contribution in [1.82, 2.24) is 19.3 Å². The van der Waals surface area contributed by atoms with Crippen LogP contribution in [0.1, 0.15) is 43.8 Å². The van der Waals surface area contributed by atoms with E-state index in [-0.39, 0.29) is 5.56 Å². The Labute approximate surface area is 135 Å². The first-order valence-corrected chi connectivity index (χ1v) is 8.69. The number of hydrogen-bond donors (Lipinski definition) is 1. The average molecular weight is 316 g/mol. The molecule has 0 spiro atoms. The van der Waals surface area contributed by atoms with Crippen molar-refractivity contribution >= 4 is 5.78 Å². The van der Waals surface area contributed by atoms with Gasteiger partial charge in [-0.25, -0.2) is 4.98 Å². The van der Waals surface area contributed by atoms with Crippen LogP contribution in [-0.2, 0) is 4.74 Å². The van der Waals surface area contributed by atoms with Crippen LogP contribution in [0.4, 0.5) is 0 Å². The fourth-order valence-electron chi connectivity index (χ4n) is 3.94. The first-order valence-electron chi connectivity index (χ1n) is 8.69. The molecule has 0 amide bonds. The SMILES string of the molecule is O=c1cc([C@@H]2CCCCN2CC2CCOCC2)[nH]c2nccn12. The molecule has 2 saturated heterocycles. The van der Waals surface area contributed by atoms with Crippen LogP contribution in [-0.4, -0.2) is 45.6 Å². The highest BCUT2D eigenvalue weighted by Gasteiger charge is 2.28. The molecule has 0 saturated carbocycles. The number of H-pyrrole nitrogens is 1. The van der Waals surface area contributed by atoms with E-state index in [2.05, 4.69) is 14.9 Å². The van der Waals surface area contributed by atoms with E-state index in [4.69, 9.17) is 4.74 Å². The van der Waals surface area contributed by atoms with Gasteiger partial charge in [-0.1, -0.05) is 6.42 Å². The third-order valence-electron chi connectivity index (χ3n) is 5.22. The molecule has 124 valence electrons. The van der Waals surface area contributed by atoms with Crippen LogP contribution in [0.3, 0.4) is 0 Å². The van der Waals surface area contributed by atoms with Crippen LogP contribution in [0.15, 0.2) is 23.3 Å². The van der Waals surface area contributed by atoms with Gasteiger partial charge in [0, 0.05) is 43.9 Å². The summed E-state index contributed by atoms with van der Waals surface area (Å²) in [6.07, 6.45) is 9.25. The van der Waals surface area contributed by atoms with Gasteiger partial charge in [-0.2, -0.15) is 0 Å². The molecule has 2 aromatic heterocycles.